The Morgan fingerprint density at radius 2 is 1.44 bits per heavy atom. The molecule has 1 saturated heterocycles. The van der Waals surface area contributed by atoms with E-state index in [0.29, 0.717) is 12.1 Å². The van der Waals surface area contributed by atoms with Gasteiger partial charge in [0.25, 0.3) is 0 Å². The molecule has 0 atom stereocenters. The standard InChI is InChI=1S/C20H21F3N2O2/c21-20(22,23)18-3-1-2-16(12-18)14-25-10-8-24(9-11-25)13-15-4-6-17(7-5-15)19(26)27/h1-7,12H,8-11,13-14H2,(H,26,27). The maximum absolute atomic E-state index is 12.8. The van der Waals surface area contributed by atoms with E-state index in [1.165, 1.54) is 12.1 Å². The van der Waals surface area contributed by atoms with Crippen LogP contribution in [-0.2, 0) is 19.3 Å². The Kier molecular flexibility index (Phi) is 5.82. The summed E-state index contributed by atoms with van der Waals surface area (Å²) in [5.41, 5.74) is 1.38. The van der Waals surface area contributed by atoms with Crippen LogP contribution in [0, 0.1) is 0 Å². The highest BCUT2D eigenvalue weighted by Gasteiger charge is 2.30. The van der Waals surface area contributed by atoms with Crippen molar-refractivity contribution >= 4 is 5.97 Å². The van der Waals surface area contributed by atoms with Gasteiger partial charge in [0.15, 0.2) is 0 Å². The smallest absolute Gasteiger partial charge is 0.416 e. The normalized spacial score (nSPS) is 16.4. The topological polar surface area (TPSA) is 43.8 Å². The van der Waals surface area contributed by atoms with Crippen molar-refractivity contribution in [2.45, 2.75) is 19.3 Å². The molecule has 3 rings (SSSR count). The Morgan fingerprint density at radius 3 is 1.96 bits per heavy atom. The quantitative estimate of drug-likeness (QED) is 0.861. The fraction of sp³-hybridized carbons (Fsp3) is 0.350. The van der Waals surface area contributed by atoms with Crippen LogP contribution in [0.1, 0.15) is 27.0 Å². The number of piperazine rings is 1. The summed E-state index contributed by atoms with van der Waals surface area (Å²) in [7, 11) is 0. The van der Waals surface area contributed by atoms with Gasteiger partial charge in [-0.2, -0.15) is 13.2 Å². The van der Waals surface area contributed by atoms with Crippen LogP contribution in [0.3, 0.4) is 0 Å². The van der Waals surface area contributed by atoms with E-state index in [1.54, 1.807) is 18.2 Å². The summed E-state index contributed by atoms with van der Waals surface area (Å²) in [4.78, 5) is 15.3. The highest BCUT2D eigenvalue weighted by molar-refractivity contribution is 5.87. The second-order valence-electron chi connectivity index (χ2n) is 6.75. The van der Waals surface area contributed by atoms with E-state index in [0.717, 1.165) is 44.4 Å². The number of hydrogen-bond acceptors (Lipinski definition) is 3. The number of aromatic carboxylic acids is 1. The van der Waals surface area contributed by atoms with Gasteiger partial charge >= 0.3 is 12.1 Å². The molecule has 2 aromatic rings. The minimum absolute atomic E-state index is 0.268. The molecule has 1 aliphatic rings. The maximum atomic E-state index is 12.8. The monoisotopic (exact) mass is 378 g/mol. The van der Waals surface area contributed by atoms with Gasteiger partial charge in [0, 0.05) is 39.3 Å². The van der Waals surface area contributed by atoms with E-state index >= 15 is 0 Å². The fourth-order valence-electron chi connectivity index (χ4n) is 3.22. The van der Waals surface area contributed by atoms with Crippen LogP contribution in [0.15, 0.2) is 48.5 Å². The third-order valence-electron chi connectivity index (χ3n) is 4.73. The lowest BCUT2D eigenvalue weighted by molar-refractivity contribution is -0.137. The maximum Gasteiger partial charge on any atom is 0.416 e. The molecular formula is C20H21F3N2O2. The third-order valence-corrected chi connectivity index (χ3v) is 4.73. The first-order valence-corrected chi connectivity index (χ1v) is 8.74. The van der Waals surface area contributed by atoms with E-state index < -0.39 is 17.7 Å². The number of alkyl halides is 3. The van der Waals surface area contributed by atoms with Gasteiger partial charge in [-0.15, -0.1) is 0 Å². The highest BCUT2D eigenvalue weighted by Crippen LogP contribution is 2.29. The molecule has 2 aromatic carbocycles. The van der Waals surface area contributed by atoms with Gasteiger partial charge in [0.05, 0.1) is 11.1 Å². The number of hydrogen-bond donors (Lipinski definition) is 1. The number of carbonyl (C=O) groups is 1. The van der Waals surface area contributed by atoms with E-state index in [9.17, 15) is 18.0 Å². The van der Waals surface area contributed by atoms with Gasteiger partial charge in [-0.3, -0.25) is 9.80 Å². The lowest BCUT2D eigenvalue weighted by atomic mass is 10.1. The minimum atomic E-state index is -4.31. The first-order valence-electron chi connectivity index (χ1n) is 8.74. The van der Waals surface area contributed by atoms with Crippen molar-refractivity contribution in [2.75, 3.05) is 26.2 Å². The molecule has 0 aliphatic carbocycles. The summed E-state index contributed by atoms with van der Waals surface area (Å²) in [6.07, 6.45) is -4.31. The Hall–Kier alpha value is -2.38. The van der Waals surface area contributed by atoms with E-state index in [2.05, 4.69) is 9.80 Å². The summed E-state index contributed by atoms with van der Waals surface area (Å²) >= 11 is 0. The van der Waals surface area contributed by atoms with Gasteiger partial charge in [0.1, 0.15) is 0 Å². The molecule has 0 aromatic heterocycles. The van der Waals surface area contributed by atoms with Crippen LogP contribution < -0.4 is 0 Å². The van der Waals surface area contributed by atoms with Gasteiger partial charge in [-0.25, -0.2) is 4.79 Å². The summed E-state index contributed by atoms with van der Waals surface area (Å²) < 4.78 is 38.5. The number of benzene rings is 2. The van der Waals surface area contributed by atoms with Crippen molar-refractivity contribution in [1.29, 1.82) is 0 Å². The van der Waals surface area contributed by atoms with Crippen LogP contribution in [0.4, 0.5) is 13.2 Å². The molecular weight excluding hydrogens is 357 g/mol. The Labute approximate surface area is 155 Å². The van der Waals surface area contributed by atoms with Crippen molar-refractivity contribution in [3.05, 3.63) is 70.8 Å². The zero-order valence-corrected chi connectivity index (χ0v) is 14.7. The summed E-state index contributed by atoms with van der Waals surface area (Å²) in [5, 5.41) is 8.93. The lowest BCUT2D eigenvalue weighted by Gasteiger charge is -2.34. The minimum Gasteiger partial charge on any atom is -0.478 e. The second kappa shape index (κ2) is 8.10. The Balaban J connectivity index is 1.51. The molecule has 0 radical (unpaired) electrons. The lowest BCUT2D eigenvalue weighted by Crippen LogP contribution is -2.45. The van der Waals surface area contributed by atoms with Crippen molar-refractivity contribution in [1.82, 2.24) is 9.80 Å². The van der Waals surface area contributed by atoms with Crippen molar-refractivity contribution in [2.24, 2.45) is 0 Å². The SMILES string of the molecule is O=C(O)c1ccc(CN2CCN(Cc3cccc(C(F)(F)F)c3)CC2)cc1. The number of nitrogens with zero attached hydrogens (tertiary/aromatic N) is 2. The van der Waals surface area contributed by atoms with Gasteiger partial charge < -0.3 is 5.11 Å². The first-order chi connectivity index (χ1) is 12.8. The average molecular weight is 378 g/mol. The Bertz CT molecular complexity index is 783. The van der Waals surface area contributed by atoms with Crippen LogP contribution in [-0.4, -0.2) is 47.1 Å². The molecule has 1 heterocycles. The molecule has 4 nitrogen and oxygen atoms in total. The van der Waals surface area contributed by atoms with Crippen molar-refractivity contribution in [3.63, 3.8) is 0 Å². The molecule has 1 N–H and O–H groups in total. The average Bonchev–Trinajstić information content (AvgIpc) is 2.63. The largest absolute Gasteiger partial charge is 0.478 e. The molecule has 27 heavy (non-hydrogen) atoms. The van der Waals surface area contributed by atoms with Gasteiger partial charge in [0.2, 0.25) is 0 Å². The molecule has 0 unspecified atom stereocenters. The number of rotatable bonds is 5. The zero-order chi connectivity index (χ0) is 19.4. The van der Waals surface area contributed by atoms with E-state index in [-0.39, 0.29) is 5.56 Å². The van der Waals surface area contributed by atoms with Crippen LogP contribution >= 0.6 is 0 Å². The zero-order valence-electron chi connectivity index (χ0n) is 14.7. The third kappa shape index (κ3) is 5.30. The number of carboxylic acid groups (broad SMARTS) is 1. The fourth-order valence-corrected chi connectivity index (χ4v) is 3.22. The number of halogens is 3. The molecule has 7 heteroatoms. The van der Waals surface area contributed by atoms with Crippen LogP contribution in [0.25, 0.3) is 0 Å². The van der Waals surface area contributed by atoms with Gasteiger partial charge in [-0.05, 0) is 29.3 Å². The second-order valence-corrected chi connectivity index (χ2v) is 6.75. The van der Waals surface area contributed by atoms with E-state index in [4.69, 9.17) is 5.11 Å². The van der Waals surface area contributed by atoms with Crippen molar-refractivity contribution < 1.29 is 23.1 Å². The molecule has 0 bridgehead atoms. The van der Waals surface area contributed by atoms with E-state index in [1.807, 2.05) is 12.1 Å². The Morgan fingerprint density at radius 1 is 0.889 bits per heavy atom. The molecule has 0 amide bonds. The van der Waals surface area contributed by atoms with Crippen molar-refractivity contribution in [3.8, 4) is 0 Å². The van der Waals surface area contributed by atoms with Crippen LogP contribution in [0.2, 0.25) is 0 Å². The first kappa shape index (κ1) is 19.4. The van der Waals surface area contributed by atoms with Gasteiger partial charge in [-0.1, -0.05) is 30.3 Å². The summed E-state index contributed by atoms with van der Waals surface area (Å²) in [6, 6.07) is 12.3. The molecule has 0 saturated carbocycles. The highest BCUT2D eigenvalue weighted by atomic mass is 19.4. The predicted octanol–water partition coefficient (Wildman–Crippen LogP) is 3.72. The molecule has 1 fully saturated rings. The molecule has 0 spiro atoms. The predicted molar refractivity (Wildman–Crippen MR) is 95.4 cm³/mol. The molecule has 1 aliphatic heterocycles. The summed E-state index contributed by atoms with van der Waals surface area (Å²) in [5.74, 6) is -0.940. The summed E-state index contributed by atoms with van der Waals surface area (Å²) in [6.45, 7) is 4.44. The number of carboxylic acids is 1. The van der Waals surface area contributed by atoms with Crippen LogP contribution in [0.5, 0.6) is 0 Å². The molecule has 144 valence electrons.